The first-order valence-electron chi connectivity index (χ1n) is 15.7. The van der Waals surface area contributed by atoms with E-state index in [0.29, 0.717) is 16.5 Å². The summed E-state index contributed by atoms with van der Waals surface area (Å²) in [5, 5.41) is 9.81. The van der Waals surface area contributed by atoms with Crippen LogP contribution >= 0.6 is 11.6 Å². The van der Waals surface area contributed by atoms with Crippen molar-refractivity contribution in [3.63, 3.8) is 0 Å². The van der Waals surface area contributed by atoms with Crippen LogP contribution in [-0.2, 0) is 0 Å². The lowest BCUT2D eigenvalue weighted by Gasteiger charge is -2.22. The molecule has 0 radical (unpaired) electrons. The van der Waals surface area contributed by atoms with Crippen molar-refractivity contribution in [1.29, 1.82) is 0 Å². The van der Waals surface area contributed by atoms with Crippen molar-refractivity contribution < 1.29 is 18.9 Å². The van der Waals surface area contributed by atoms with Gasteiger partial charge in [-0.1, -0.05) is 11.6 Å². The standard InChI is InChI=1S/C20H26N4O2.C16H16ClN3O2/c1-7-23(8-2)18-11-13(3)21-20-19(14(4)22-24(18)20)16-10-9-15(25-5)12-17(16)26-6;1-9-7-14(17)20-16(18-9)15(10(2)19-20)12-6-5-11(21-3)8-13(12)22-4/h9-12H,7-8H2,1-6H3;5-8H,1-4H3. The first kappa shape index (κ1) is 34.3. The Hall–Kier alpha value is -5.03. The van der Waals surface area contributed by atoms with Gasteiger partial charge in [0.25, 0.3) is 0 Å². The highest BCUT2D eigenvalue weighted by atomic mass is 35.5. The molecule has 0 bridgehead atoms. The van der Waals surface area contributed by atoms with Gasteiger partial charge in [0.1, 0.15) is 34.0 Å². The maximum Gasteiger partial charge on any atom is 0.165 e. The largest absolute Gasteiger partial charge is 0.497 e. The van der Waals surface area contributed by atoms with E-state index in [1.54, 1.807) is 39.0 Å². The summed E-state index contributed by atoms with van der Waals surface area (Å²) in [5.74, 6) is 4.00. The summed E-state index contributed by atoms with van der Waals surface area (Å²) in [5.41, 5.74) is 8.88. The molecule has 11 nitrogen and oxygen atoms in total. The topological polar surface area (TPSA) is 101 Å². The monoisotopic (exact) mass is 671 g/mol. The molecule has 6 rings (SSSR count). The third-order valence-electron chi connectivity index (χ3n) is 8.17. The van der Waals surface area contributed by atoms with Gasteiger partial charge in [-0.2, -0.15) is 14.7 Å². The minimum atomic E-state index is 0.532. The first-order chi connectivity index (χ1) is 23.1. The van der Waals surface area contributed by atoms with Crippen molar-refractivity contribution in [2.45, 2.75) is 41.5 Å². The molecule has 0 saturated carbocycles. The number of ether oxygens (including phenoxy) is 4. The second-order valence-corrected chi connectivity index (χ2v) is 11.6. The SMILES string of the molecule is CCN(CC)c1cc(C)nc2c(-c3ccc(OC)cc3OC)c(C)nn12.COc1ccc(-c2c(C)nn3c(Cl)cc(C)nc23)c(OC)c1. The average molecular weight is 672 g/mol. The number of methoxy groups -OCH3 is 4. The van der Waals surface area contributed by atoms with Crippen LogP contribution in [-0.4, -0.2) is 70.7 Å². The number of fused-ring (bicyclic) bond motifs is 2. The number of halogens is 1. The third-order valence-corrected chi connectivity index (χ3v) is 8.43. The van der Waals surface area contributed by atoms with Gasteiger partial charge in [-0.15, -0.1) is 0 Å². The molecule has 12 heteroatoms. The molecule has 0 fully saturated rings. The Morgan fingerprint density at radius 3 is 1.54 bits per heavy atom. The van der Waals surface area contributed by atoms with Crippen LogP contribution in [0.5, 0.6) is 23.0 Å². The molecule has 0 N–H and O–H groups in total. The van der Waals surface area contributed by atoms with E-state index in [0.717, 1.165) is 86.8 Å². The summed E-state index contributed by atoms with van der Waals surface area (Å²) >= 11 is 6.27. The van der Waals surface area contributed by atoms with Gasteiger partial charge in [-0.25, -0.2) is 14.5 Å². The molecule has 0 spiro atoms. The van der Waals surface area contributed by atoms with Gasteiger partial charge in [-0.05, 0) is 71.9 Å². The van der Waals surface area contributed by atoms with Crippen LogP contribution in [0.25, 0.3) is 33.5 Å². The highest BCUT2D eigenvalue weighted by Gasteiger charge is 2.21. The number of hydrogen-bond donors (Lipinski definition) is 0. The molecule has 0 aliphatic rings. The zero-order chi connectivity index (χ0) is 34.7. The summed E-state index contributed by atoms with van der Waals surface area (Å²) in [4.78, 5) is 11.7. The van der Waals surface area contributed by atoms with Crippen molar-refractivity contribution >= 4 is 28.7 Å². The number of benzene rings is 2. The fraction of sp³-hybridized carbons (Fsp3) is 0.333. The van der Waals surface area contributed by atoms with E-state index >= 15 is 0 Å². The van der Waals surface area contributed by atoms with Gasteiger partial charge >= 0.3 is 0 Å². The Kier molecular flexibility index (Phi) is 10.3. The molecule has 0 atom stereocenters. The number of aromatic nitrogens is 6. The van der Waals surface area contributed by atoms with E-state index in [1.165, 1.54) is 0 Å². The normalized spacial score (nSPS) is 11.0. The van der Waals surface area contributed by atoms with E-state index in [1.807, 2.05) is 68.6 Å². The molecule has 6 aromatic rings. The summed E-state index contributed by atoms with van der Waals surface area (Å²) in [6, 6.07) is 15.4. The van der Waals surface area contributed by atoms with Crippen LogP contribution in [0.4, 0.5) is 5.82 Å². The molecule has 0 aliphatic heterocycles. The smallest absolute Gasteiger partial charge is 0.165 e. The minimum absolute atomic E-state index is 0.532. The predicted octanol–water partition coefficient (Wildman–Crippen LogP) is 7.56. The number of rotatable bonds is 9. The van der Waals surface area contributed by atoms with Crippen LogP contribution in [0.3, 0.4) is 0 Å². The van der Waals surface area contributed by atoms with Crippen molar-refractivity contribution in [2.75, 3.05) is 46.4 Å². The van der Waals surface area contributed by atoms with Gasteiger partial charge in [0, 0.05) is 53.8 Å². The first-order valence-corrected chi connectivity index (χ1v) is 16.1. The lowest BCUT2D eigenvalue weighted by atomic mass is 10.0. The average Bonchev–Trinajstić information content (AvgIpc) is 3.59. The summed E-state index contributed by atoms with van der Waals surface area (Å²) < 4.78 is 25.3. The summed E-state index contributed by atoms with van der Waals surface area (Å²) in [6.07, 6.45) is 0. The Morgan fingerprint density at radius 1 is 0.625 bits per heavy atom. The fourth-order valence-electron chi connectivity index (χ4n) is 5.84. The van der Waals surface area contributed by atoms with Crippen molar-refractivity contribution in [3.8, 4) is 45.3 Å². The number of anilines is 1. The Bertz CT molecular complexity index is 2090. The van der Waals surface area contributed by atoms with Crippen molar-refractivity contribution in [3.05, 3.63) is 76.5 Å². The zero-order valence-electron chi connectivity index (χ0n) is 29.2. The second kappa shape index (κ2) is 14.4. The number of hydrogen-bond acceptors (Lipinski definition) is 9. The molecule has 0 amide bonds. The third kappa shape index (κ3) is 6.42. The van der Waals surface area contributed by atoms with Crippen molar-refractivity contribution in [2.24, 2.45) is 0 Å². The van der Waals surface area contributed by atoms with Crippen molar-refractivity contribution in [1.82, 2.24) is 29.2 Å². The molecule has 0 aliphatic carbocycles. The maximum absolute atomic E-state index is 6.27. The van der Waals surface area contributed by atoms with Crippen LogP contribution in [0.15, 0.2) is 48.5 Å². The lowest BCUT2D eigenvalue weighted by molar-refractivity contribution is 0.395. The molecule has 48 heavy (non-hydrogen) atoms. The summed E-state index contributed by atoms with van der Waals surface area (Å²) in [6.45, 7) is 14.0. The molecular formula is C36H42ClN7O4. The van der Waals surface area contributed by atoms with E-state index in [2.05, 4.69) is 34.9 Å². The Balaban J connectivity index is 0.000000190. The van der Waals surface area contributed by atoms with E-state index in [-0.39, 0.29) is 0 Å². The van der Waals surface area contributed by atoms with Crippen LogP contribution in [0.2, 0.25) is 5.15 Å². The predicted molar refractivity (Wildman–Crippen MR) is 191 cm³/mol. The molecule has 4 aromatic heterocycles. The molecule has 0 saturated heterocycles. The van der Waals surface area contributed by atoms with Gasteiger partial charge < -0.3 is 23.8 Å². The Labute approximate surface area is 286 Å². The molecule has 0 unspecified atom stereocenters. The summed E-state index contributed by atoms with van der Waals surface area (Å²) in [7, 11) is 6.57. The second-order valence-electron chi connectivity index (χ2n) is 11.2. The van der Waals surface area contributed by atoms with Gasteiger partial charge in [0.15, 0.2) is 11.3 Å². The molecule has 4 heterocycles. The van der Waals surface area contributed by atoms with E-state index in [9.17, 15) is 0 Å². The van der Waals surface area contributed by atoms with Crippen LogP contribution < -0.4 is 23.8 Å². The highest BCUT2D eigenvalue weighted by molar-refractivity contribution is 6.29. The minimum Gasteiger partial charge on any atom is -0.497 e. The quantitative estimate of drug-likeness (QED) is 0.144. The molecule has 252 valence electrons. The van der Waals surface area contributed by atoms with E-state index < -0.39 is 0 Å². The maximum atomic E-state index is 6.27. The van der Waals surface area contributed by atoms with Gasteiger partial charge in [0.05, 0.1) is 51.0 Å². The molecule has 2 aromatic carbocycles. The lowest BCUT2D eigenvalue weighted by Crippen LogP contribution is -2.25. The Morgan fingerprint density at radius 2 is 1.08 bits per heavy atom. The van der Waals surface area contributed by atoms with Crippen LogP contribution in [0, 0.1) is 27.7 Å². The highest BCUT2D eigenvalue weighted by Crippen LogP contribution is 2.39. The van der Waals surface area contributed by atoms with E-state index in [4.69, 9.17) is 40.6 Å². The zero-order valence-corrected chi connectivity index (χ0v) is 29.9. The van der Waals surface area contributed by atoms with Gasteiger partial charge in [-0.3, -0.25) is 0 Å². The molecular weight excluding hydrogens is 630 g/mol. The van der Waals surface area contributed by atoms with Gasteiger partial charge in [0.2, 0.25) is 0 Å². The number of nitrogens with zero attached hydrogens (tertiary/aromatic N) is 7. The number of aryl methyl sites for hydroxylation is 4. The fourth-order valence-corrected chi connectivity index (χ4v) is 6.11. The van der Waals surface area contributed by atoms with Crippen LogP contribution in [0.1, 0.15) is 36.6 Å².